The van der Waals surface area contributed by atoms with Crippen LogP contribution in [-0.4, -0.2) is 0 Å². The Morgan fingerprint density at radius 3 is 2.60 bits per heavy atom. The summed E-state index contributed by atoms with van der Waals surface area (Å²) in [5.74, 6) is 0. The van der Waals surface area contributed by atoms with E-state index in [1.165, 1.54) is 12.8 Å². The third kappa shape index (κ3) is 2.31. The minimum absolute atomic E-state index is 0.300. The highest BCUT2D eigenvalue weighted by Crippen LogP contribution is 2.39. The van der Waals surface area contributed by atoms with Crippen molar-refractivity contribution < 1.29 is 0 Å². The van der Waals surface area contributed by atoms with E-state index in [0.717, 1.165) is 12.8 Å². The molecule has 0 saturated carbocycles. The van der Waals surface area contributed by atoms with Crippen LogP contribution < -0.4 is 0 Å². The lowest BCUT2D eigenvalue weighted by Crippen LogP contribution is -2.16. The maximum absolute atomic E-state index is 2.45. The lowest BCUT2D eigenvalue weighted by Gasteiger charge is -2.30. The Bertz CT molecular complexity index is 348. The van der Waals surface area contributed by atoms with Gasteiger partial charge in [0.05, 0.1) is 0 Å². The van der Waals surface area contributed by atoms with Gasteiger partial charge in [-0.2, -0.15) is 0 Å². The SMILES string of the molecule is CC1(C)C/C=C\C=C/CC2=CCCC=C21. The average molecular weight is 200 g/mol. The van der Waals surface area contributed by atoms with Gasteiger partial charge in [0.1, 0.15) is 0 Å². The molecule has 15 heavy (non-hydrogen) atoms. The zero-order valence-electron chi connectivity index (χ0n) is 9.79. The molecule has 0 spiro atoms. The van der Waals surface area contributed by atoms with Crippen molar-refractivity contribution in [2.45, 2.75) is 39.5 Å². The normalized spacial score (nSPS) is 28.7. The fourth-order valence-electron chi connectivity index (χ4n) is 2.46. The van der Waals surface area contributed by atoms with Crippen molar-refractivity contribution in [3.05, 3.63) is 47.6 Å². The predicted octanol–water partition coefficient (Wildman–Crippen LogP) is 4.57. The first-order chi connectivity index (χ1) is 7.20. The molecule has 0 unspecified atom stereocenters. The average Bonchev–Trinajstić information content (AvgIpc) is 2.29. The monoisotopic (exact) mass is 200 g/mol. The van der Waals surface area contributed by atoms with Crippen molar-refractivity contribution in [2.24, 2.45) is 5.41 Å². The van der Waals surface area contributed by atoms with Crippen LogP contribution >= 0.6 is 0 Å². The molecule has 0 nitrogen and oxygen atoms in total. The molecule has 2 aliphatic rings. The molecule has 0 fully saturated rings. The second-order valence-electron chi connectivity index (χ2n) is 5.07. The van der Waals surface area contributed by atoms with Crippen molar-refractivity contribution in [1.29, 1.82) is 0 Å². The van der Waals surface area contributed by atoms with Crippen LogP contribution in [0.5, 0.6) is 0 Å². The molecule has 0 radical (unpaired) electrons. The lowest BCUT2D eigenvalue weighted by atomic mass is 9.74. The molecule has 0 atom stereocenters. The Hall–Kier alpha value is -1.04. The molecular weight excluding hydrogens is 180 g/mol. The van der Waals surface area contributed by atoms with Crippen LogP contribution in [0.3, 0.4) is 0 Å². The van der Waals surface area contributed by atoms with E-state index in [0.29, 0.717) is 5.41 Å². The van der Waals surface area contributed by atoms with Crippen LogP contribution in [-0.2, 0) is 0 Å². The summed E-state index contributed by atoms with van der Waals surface area (Å²) in [6.45, 7) is 4.71. The van der Waals surface area contributed by atoms with Gasteiger partial charge in [0.25, 0.3) is 0 Å². The summed E-state index contributed by atoms with van der Waals surface area (Å²) >= 11 is 0. The van der Waals surface area contributed by atoms with E-state index in [1.807, 2.05) is 0 Å². The van der Waals surface area contributed by atoms with Gasteiger partial charge in [-0.3, -0.25) is 0 Å². The van der Waals surface area contributed by atoms with E-state index in [1.54, 1.807) is 11.1 Å². The Morgan fingerprint density at radius 2 is 1.73 bits per heavy atom. The van der Waals surface area contributed by atoms with Crippen LogP contribution in [0.25, 0.3) is 0 Å². The Balaban J connectivity index is 2.35. The summed E-state index contributed by atoms with van der Waals surface area (Å²) < 4.78 is 0. The minimum Gasteiger partial charge on any atom is -0.0837 e. The standard InChI is InChI=1S/C15H20/c1-15(2)12-8-4-3-5-9-13-10-6-7-11-14(13)15/h3-5,8,10-11H,6-7,9,12H2,1-2H3/b5-3-,8-4-. The van der Waals surface area contributed by atoms with E-state index in [2.05, 4.69) is 50.3 Å². The number of fused-ring (bicyclic) bond motifs is 1. The molecule has 0 heteroatoms. The lowest BCUT2D eigenvalue weighted by molar-refractivity contribution is 0.454. The van der Waals surface area contributed by atoms with Gasteiger partial charge in [-0.1, -0.05) is 50.3 Å². The molecule has 2 aliphatic carbocycles. The van der Waals surface area contributed by atoms with Gasteiger partial charge in [-0.15, -0.1) is 0 Å². The van der Waals surface area contributed by atoms with Crippen LogP contribution in [0.1, 0.15) is 39.5 Å². The summed E-state index contributed by atoms with van der Waals surface area (Å²) in [5.41, 5.74) is 3.42. The minimum atomic E-state index is 0.300. The second-order valence-corrected chi connectivity index (χ2v) is 5.07. The van der Waals surface area contributed by atoms with Crippen molar-refractivity contribution in [3.63, 3.8) is 0 Å². The second kappa shape index (κ2) is 4.22. The van der Waals surface area contributed by atoms with Gasteiger partial charge in [-0.05, 0) is 42.2 Å². The highest BCUT2D eigenvalue weighted by Gasteiger charge is 2.25. The molecule has 0 heterocycles. The van der Waals surface area contributed by atoms with Crippen LogP contribution in [0.2, 0.25) is 0 Å². The first kappa shape index (κ1) is 10.5. The molecule has 0 aromatic heterocycles. The molecule has 0 bridgehead atoms. The fourth-order valence-corrected chi connectivity index (χ4v) is 2.46. The van der Waals surface area contributed by atoms with E-state index in [4.69, 9.17) is 0 Å². The van der Waals surface area contributed by atoms with Crippen molar-refractivity contribution in [2.75, 3.05) is 0 Å². The van der Waals surface area contributed by atoms with Crippen LogP contribution in [0, 0.1) is 5.41 Å². The Morgan fingerprint density at radius 1 is 1.00 bits per heavy atom. The van der Waals surface area contributed by atoms with E-state index >= 15 is 0 Å². The van der Waals surface area contributed by atoms with Gasteiger partial charge < -0.3 is 0 Å². The summed E-state index contributed by atoms with van der Waals surface area (Å²) in [4.78, 5) is 0. The number of allylic oxidation sites excluding steroid dienone is 8. The third-order valence-corrected chi connectivity index (χ3v) is 3.33. The summed E-state index contributed by atoms with van der Waals surface area (Å²) in [5, 5.41) is 0. The van der Waals surface area contributed by atoms with Crippen molar-refractivity contribution in [1.82, 2.24) is 0 Å². The topological polar surface area (TPSA) is 0 Å². The largest absolute Gasteiger partial charge is 0.0837 e. The highest BCUT2D eigenvalue weighted by molar-refractivity contribution is 5.40. The molecule has 0 saturated heterocycles. The number of hydrogen-bond acceptors (Lipinski definition) is 0. The Labute approximate surface area is 93.1 Å². The quantitative estimate of drug-likeness (QED) is 0.537. The van der Waals surface area contributed by atoms with Gasteiger partial charge in [0.2, 0.25) is 0 Å². The summed E-state index contributed by atoms with van der Waals surface area (Å²) in [6.07, 6.45) is 18.5. The molecular formula is C15H20. The molecule has 0 aromatic carbocycles. The predicted molar refractivity (Wildman–Crippen MR) is 66.7 cm³/mol. The molecule has 0 amide bonds. The van der Waals surface area contributed by atoms with E-state index < -0.39 is 0 Å². The third-order valence-electron chi connectivity index (χ3n) is 3.33. The zero-order valence-corrected chi connectivity index (χ0v) is 9.79. The first-order valence-corrected chi connectivity index (χ1v) is 5.92. The first-order valence-electron chi connectivity index (χ1n) is 5.92. The maximum Gasteiger partial charge on any atom is -0.00694 e. The summed E-state index contributed by atoms with van der Waals surface area (Å²) in [6, 6.07) is 0. The van der Waals surface area contributed by atoms with Crippen LogP contribution in [0.15, 0.2) is 47.6 Å². The van der Waals surface area contributed by atoms with Gasteiger partial charge in [0, 0.05) is 0 Å². The van der Waals surface area contributed by atoms with Crippen molar-refractivity contribution in [3.8, 4) is 0 Å². The van der Waals surface area contributed by atoms with Crippen LogP contribution in [0.4, 0.5) is 0 Å². The van der Waals surface area contributed by atoms with Crippen molar-refractivity contribution >= 4 is 0 Å². The zero-order chi connectivity index (χ0) is 10.7. The number of hydrogen-bond donors (Lipinski definition) is 0. The molecule has 2 rings (SSSR count). The fraction of sp³-hybridized carbons (Fsp3) is 0.467. The smallest absolute Gasteiger partial charge is 0.00694 e. The molecule has 0 N–H and O–H groups in total. The number of rotatable bonds is 0. The van der Waals surface area contributed by atoms with Gasteiger partial charge in [0.15, 0.2) is 0 Å². The maximum atomic E-state index is 2.45. The molecule has 80 valence electrons. The molecule has 0 aromatic rings. The van der Waals surface area contributed by atoms with Gasteiger partial charge >= 0.3 is 0 Å². The summed E-state index contributed by atoms with van der Waals surface area (Å²) in [7, 11) is 0. The molecule has 0 aliphatic heterocycles. The Kier molecular flexibility index (Phi) is 2.95. The highest BCUT2D eigenvalue weighted by atomic mass is 14.3. The van der Waals surface area contributed by atoms with Gasteiger partial charge in [-0.25, -0.2) is 0 Å². The van der Waals surface area contributed by atoms with E-state index in [-0.39, 0.29) is 0 Å². The van der Waals surface area contributed by atoms with E-state index in [9.17, 15) is 0 Å².